The summed E-state index contributed by atoms with van der Waals surface area (Å²) < 4.78 is 13.5. The summed E-state index contributed by atoms with van der Waals surface area (Å²) in [6, 6.07) is 7.15. The summed E-state index contributed by atoms with van der Waals surface area (Å²) in [4.78, 5) is 35.2. The van der Waals surface area contributed by atoms with Crippen molar-refractivity contribution >= 4 is 68.5 Å². The monoisotopic (exact) mass is 598 g/mol. The molecular weight excluding hydrogens is 575 g/mol. The van der Waals surface area contributed by atoms with Crippen LogP contribution >= 0.6 is 34.2 Å². The first-order valence-corrected chi connectivity index (χ1v) is 12.5. The van der Waals surface area contributed by atoms with E-state index in [0.29, 0.717) is 36.5 Å². The van der Waals surface area contributed by atoms with Crippen LogP contribution < -0.4 is 25.8 Å². The van der Waals surface area contributed by atoms with Gasteiger partial charge in [0.05, 0.1) is 24.4 Å². The third-order valence-corrected chi connectivity index (χ3v) is 6.68. The number of alkyl halides is 1. The number of morpholine rings is 1. The number of nitrogens with one attached hydrogen (secondary N) is 2. The summed E-state index contributed by atoms with van der Waals surface area (Å²) in [5, 5.41) is 6.85. The predicted molar refractivity (Wildman–Crippen MR) is 140 cm³/mol. The van der Waals surface area contributed by atoms with Crippen LogP contribution in [0.4, 0.5) is 17.5 Å². The van der Waals surface area contributed by atoms with E-state index < -0.39 is 0 Å². The number of nitrogens with zero attached hydrogens (tertiary/aromatic N) is 4. The number of fused-ring (bicyclic) bond motifs is 1. The van der Waals surface area contributed by atoms with Crippen LogP contribution in [0.25, 0.3) is 10.9 Å². The molecule has 10 nitrogen and oxygen atoms in total. The zero-order chi connectivity index (χ0) is 24.2. The maximum absolute atomic E-state index is 12.6. The van der Waals surface area contributed by atoms with Gasteiger partial charge in [-0.05, 0) is 24.3 Å². The van der Waals surface area contributed by atoms with E-state index in [1.165, 1.54) is 11.6 Å². The largest absolute Gasteiger partial charge is 0.478 e. The van der Waals surface area contributed by atoms with E-state index in [2.05, 4.69) is 48.1 Å². The molecule has 1 saturated heterocycles. The van der Waals surface area contributed by atoms with Crippen LogP contribution in [-0.2, 0) is 16.6 Å². The number of pyridine rings is 1. The van der Waals surface area contributed by atoms with E-state index in [-0.39, 0.29) is 29.9 Å². The topological polar surface area (TPSA) is 111 Å². The number of benzene rings is 1. The molecule has 1 atom stereocenters. The highest BCUT2D eigenvalue weighted by atomic mass is 127. The molecule has 0 saturated carbocycles. The number of hydrogen-bond acceptors (Lipinski definition) is 8. The Bertz CT molecular complexity index is 1270. The van der Waals surface area contributed by atoms with Crippen molar-refractivity contribution in [2.45, 2.75) is 6.10 Å². The molecule has 1 unspecified atom stereocenters. The van der Waals surface area contributed by atoms with Crippen LogP contribution in [0.5, 0.6) is 5.75 Å². The van der Waals surface area contributed by atoms with Gasteiger partial charge >= 0.3 is 0 Å². The minimum absolute atomic E-state index is 0.0928. The van der Waals surface area contributed by atoms with Crippen molar-refractivity contribution in [3.8, 4) is 5.75 Å². The zero-order valence-electron chi connectivity index (χ0n) is 18.7. The van der Waals surface area contributed by atoms with Crippen LogP contribution in [0.3, 0.4) is 0 Å². The standard InChI is InChI=1S/C22H24ClIN6O4/c1-25-19(31)12-34-18-8-13-7-14(3-4-17(13)29(2)21(18)32)27-20-16(23)10-26-22(28-20)30-5-6-33-15(9-24)11-30/h3-4,7-8,10,15H,5-6,9,11-12H2,1-2H3,(H,25,31)(H,26,27,28). The highest BCUT2D eigenvalue weighted by Gasteiger charge is 2.22. The van der Waals surface area contributed by atoms with Crippen molar-refractivity contribution in [1.82, 2.24) is 19.9 Å². The maximum Gasteiger partial charge on any atom is 0.293 e. The molecule has 3 heterocycles. The average molecular weight is 599 g/mol. The zero-order valence-corrected chi connectivity index (χ0v) is 21.6. The highest BCUT2D eigenvalue weighted by Crippen LogP contribution is 2.28. The van der Waals surface area contributed by atoms with Gasteiger partial charge in [-0.1, -0.05) is 34.2 Å². The van der Waals surface area contributed by atoms with Gasteiger partial charge in [0, 0.05) is 42.7 Å². The van der Waals surface area contributed by atoms with Crippen molar-refractivity contribution in [1.29, 1.82) is 0 Å². The molecular formula is C22H24ClIN6O4. The van der Waals surface area contributed by atoms with Gasteiger partial charge in [0.15, 0.2) is 18.2 Å². The Kier molecular flexibility index (Phi) is 7.73. The van der Waals surface area contributed by atoms with Gasteiger partial charge in [-0.3, -0.25) is 9.59 Å². The SMILES string of the molecule is CNC(=O)COc1cc2cc(Nc3nc(N4CCOC(CI)C4)ncc3Cl)ccc2n(C)c1=O. The van der Waals surface area contributed by atoms with Gasteiger partial charge in [0.2, 0.25) is 5.95 Å². The summed E-state index contributed by atoms with van der Waals surface area (Å²) in [7, 11) is 3.16. The number of halogens is 2. The number of hydrogen-bond donors (Lipinski definition) is 2. The van der Waals surface area contributed by atoms with Crippen molar-refractivity contribution in [3.63, 3.8) is 0 Å². The molecule has 1 aliphatic heterocycles. The molecule has 180 valence electrons. The van der Waals surface area contributed by atoms with Crippen LogP contribution in [0.1, 0.15) is 0 Å². The second kappa shape index (κ2) is 10.7. The van der Waals surface area contributed by atoms with Crippen LogP contribution in [-0.4, -0.2) is 64.3 Å². The van der Waals surface area contributed by atoms with E-state index >= 15 is 0 Å². The van der Waals surface area contributed by atoms with E-state index in [1.54, 1.807) is 19.3 Å². The summed E-state index contributed by atoms with van der Waals surface area (Å²) in [5.41, 5.74) is 1.12. The second-order valence-electron chi connectivity index (χ2n) is 7.69. The molecule has 0 bridgehead atoms. The predicted octanol–water partition coefficient (Wildman–Crippen LogP) is 2.49. The van der Waals surface area contributed by atoms with E-state index in [9.17, 15) is 9.59 Å². The number of likely N-dealkylation sites (N-methyl/N-ethyl adjacent to an activating group) is 1. The lowest BCUT2D eigenvalue weighted by Crippen LogP contribution is -2.44. The molecule has 0 aliphatic carbocycles. The van der Waals surface area contributed by atoms with Crippen LogP contribution in [0.15, 0.2) is 35.3 Å². The molecule has 1 aliphatic rings. The van der Waals surface area contributed by atoms with Crippen LogP contribution in [0.2, 0.25) is 5.02 Å². The number of amides is 1. The van der Waals surface area contributed by atoms with Gasteiger partial charge in [-0.25, -0.2) is 4.98 Å². The highest BCUT2D eigenvalue weighted by molar-refractivity contribution is 14.1. The van der Waals surface area contributed by atoms with E-state index in [0.717, 1.165) is 21.0 Å². The average Bonchev–Trinajstić information content (AvgIpc) is 2.86. The van der Waals surface area contributed by atoms with Crippen molar-refractivity contribution in [2.75, 3.05) is 48.0 Å². The molecule has 12 heteroatoms. The first kappa shape index (κ1) is 24.5. The normalized spacial score (nSPS) is 15.9. The lowest BCUT2D eigenvalue weighted by Gasteiger charge is -2.32. The van der Waals surface area contributed by atoms with Crippen LogP contribution in [0, 0.1) is 0 Å². The van der Waals surface area contributed by atoms with Crippen molar-refractivity contribution in [2.24, 2.45) is 7.05 Å². The fourth-order valence-corrected chi connectivity index (χ4v) is 4.25. The maximum atomic E-state index is 12.6. The molecule has 2 aromatic heterocycles. The Labute approximate surface area is 214 Å². The lowest BCUT2D eigenvalue weighted by atomic mass is 10.2. The molecule has 2 N–H and O–H groups in total. The fraction of sp³-hybridized carbons (Fsp3) is 0.364. The molecule has 0 radical (unpaired) electrons. The first-order valence-electron chi connectivity index (χ1n) is 10.6. The van der Waals surface area contributed by atoms with Crippen molar-refractivity contribution in [3.05, 3.63) is 45.8 Å². The number of aromatic nitrogens is 3. The molecule has 34 heavy (non-hydrogen) atoms. The number of carbonyl (C=O) groups excluding carboxylic acids is 1. The molecule has 1 aromatic carbocycles. The van der Waals surface area contributed by atoms with E-state index in [1.807, 2.05) is 18.2 Å². The third-order valence-electron chi connectivity index (χ3n) is 5.42. The van der Waals surface area contributed by atoms with Gasteiger partial charge in [0.25, 0.3) is 11.5 Å². The molecule has 3 aromatic rings. The van der Waals surface area contributed by atoms with Crippen molar-refractivity contribution < 1.29 is 14.3 Å². The molecule has 1 fully saturated rings. The molecule has 0 spiro atoms. The Balaban J connectivity index is 1.61. The second-order valence-corrected chi connectivity index (χ2v) is 8.98. The minimum atomic E-state index is -0.323. The third kappa shape index (κ3) is 5.36. The Morgan fingerprint density at radius 3 is 2.97 bits per heavy atom. The van der Waals surface area contributed by atoms with Gasteiger partial charge < -0.3 is 29.6 Å². The Hall–Kier alpha value is -2.64. The number of anilines is 3. The minimum Gasteiger partial charge on any atom is -0.478 e. The summed E-state index contributed by atoms with van der Waals surface area (Å²) in [5.74, 6) is 0.828. The lowest BCUT2D eigenvalue weighted by molar-refractivity contribution is -0.122. The number of carbonyl (C=O) groups is 1. The number of rotatable bonds is 7. The molecule has 4 rings (SSSR count). The van der Waals surface area contributed by atoms with E-state index in [4.69, 9.17) is 21.1 Å². The molecule has 1 amide bonds. The van der Waals surface area contributed by atoms with Gasteiger partial charge in [0.1, 0.15) is 5.02 Å². The Morgan fingerprint density at radius 1 is 1.38 bits per heavy atom. The number of aryl methyl sites for hydroxylation is 1. The smallest absolute Gasteiger partial charge is 0.293 e. The summed E-state index contributed by atoms with van der Waals surface area (Å²) in [6.45, 7) is 1.80. The quantitative estimate of drug-likeness (QED) is 0.315. The van der Waals surface area contributed by atoms with Gasteiger partial charge in [-0.2, -0.15) is 4.98 Å². The fourth-order valence-electron chi connectivity index (χ4n) is 3.58. The first-order chi connectivity index (χ1) is 16.4. The summed E-state index contributed by atoms with van der Waals surface area (Å²) >= 11 is 8.69. The number of ether oxygens (including phenoxy) is 2. The summed E-state index contributed by atoms with van der Waals surface area (Å²) in [6.07, 6.45) is 1.72. The Morgan fingerprint density at radius 2 is 2.21 bits per heavy atom. The van der Waals surface area contributed by atoms with Gasteiger partial charge in [-0.15, -0.1) is 0 Å².